The molecule has 0 aromatic heterocycles. The first-order valence-corrected chi connectivity index (χ1v) is 12.6. The zero-order valence-electron chi connectivity index (χ0n) is 18.3. The van der Waals surface area contributed by atoms with Crippen molar-refractivity contribution in [2.75, 3.05) is 13.1 Å². The minimum atomic E-state index is -0.430. The molecular weight excluding hydrogens is 408 g/mol. The topological polar surface area (TPSA) is 70.0 Å². The molecule has 0 spiro atoms. The Labute approximate surface area is 188 Å². The van der Waals surface area contributed by atoms with Crippen LogP contribution in [0.3, 0.4) is 0 Å². The van der Waals surface area contributed by atoms with Crippen molar-refractivity contribution in [1.82, 2.24) is 4.90 Å². The van der Waals surface area contributed by atoms with Crippen molar-refractivity contribution in [2.45, 2.75) is 63.0 Å². The zero-order chi connectivity index (χ0) is 21.6. The Bertz CT molecular complexity index is 891. The molecule has 6 heteroatoms. The molecule has 1 aromatic carbocycles. The Kier molecular flexibility index (Phi) is 5.61. The molecule has 2 aliphatic heterocycles. The second-order valence-corrected chi connectivity index (χ2v) is 11.8. The highest BCUT2D eigenvalue weighted by Gasteiger charge is 2.45. The first-order chi connectivity index (χ1) is 14.9. The number of carbonyl (C=O) groups is 2. The van der Waals surface area contributed by atoms with E-state index in [1.165, 1.54) is 25.7 Å². The fraction of sp³-hybridized carbons (Fsp3) is 0.640. The third-order valence-electron chi connectivity index (χ3n) is 8.04. The fourth-order valence-corrected chi connectivity index (χ4v) is 7.70. The number of rotatable bonds is 5. The number of fused-ring (bicyclic) bond motifs is 2. The summed E-state index contributed by atoms with van der Waals surface area (Å²) in [5.74, 6) is 3.23. The van der Waals surface area contributed by atoms with E-state index in [9.17, 15) is 14.7 Å². The lowest BCUT2D eigenvalue weighted by Crippen LogP contribution is -2.40. The van der Waals surface area contributed by atoms with Gasteiger partial charge in [-0.05, 0) is 99.8 Å². The second-order valence-electron chi connectivity index (χ2n) is 10.3. The van der Waals surface area contributed by atoms with Crippen LogP contribution in [0.25, 0.3) is 0 Å². The quantitative estimate of drug-likeness (QED) is 0.708. The highest BCUT2D eigenvalue weighted by atomic mass is 32.2. The number of piperidine rings is 1. The molecule has 1 N–H and O–H groups in total. The summed E-state index contributed by atoms with van der Waals surface area (Å²) in [6, 6.07) is 6.46. The Morgan fingerprint density at radius 1 is 1.16 bits per heavy atom. The van der Waals surface area contributed by atoms with Crippen molar-refractivity contribution in [3.8, 4) is 5.75 Å². The number of thioether (sulfide) groups is 1. The number of phenolic OH excluding ortho intramolecular Hbond substituents is 1. The minimum Gasteiger partial charge on any atom is -0.508 e. The molecule has 1 unspecified atom stereocenters. The Morgan fingerprint density at radius 2 is 1.90 bits per heavy atom. The van der Waals surface area contributed by atoms with E-state index in [-0.39, 0.29) is 17.6 Å². The van der Waals surface area contributed by atoms with E-state index < -0.39 is 4.75 Å². The van der Waals surface area contributed by atoms with Crippen molar-refractivity contribution in [1.29, 1.82) is 0 Å². The number of amides is 2. The normalized spacial score (nSPS) is 33.2. The summed E-state index contributed by atoms with van der Waals surface area (Å²) in [6.07, 6.45) is 9.22. The van der Waals surface area contributed by atoms with Crippen LogP contribution in [0.1, 0.15) is 68.6 Å². The van der Waals surface area contributed by atoms with Crippen LogP contribution in [0.4, 0.5) is 0 Å². The molecule has 2 saturated carbocycles. The summed E-state index contributed by atoms with van der Waals surface area (Å²) >= 11 is 1.73. The van der Waals surface area contributed by atoms with Gasteiger partial charge in [0.2, 0.25) is 0 Å². The molecule has 5 nitrogen and oxygen atoms in total. The van der Waals surface area contributed by atoms with Crippen molar-refractivity contribution >= 4 is 28.6 Å². The number of aromatic hydroxyl groups is 1. The Morgan fingerprint density at radius 3 is 2.55 bits per heavy atom. The molecular formula is C25H32N2O3S. The van der Waals surface area contributed by atoms with Crippen LogP contribution in [0.2, 0.25) is 0 Å². The smallest absolute Gasteiger partial charge is 0.262 e. The monoisotopic (exact) mass is 440 g/mol. The van der Waals surface area contributed by atoms with Gasteiger partial charge in [-0.2, -0.15) is 0 Å². The van der Waals surface area contributed by atoms with Gasteiger partial charge in [0.1, 0.15) is 10.5 Å². The summed E-state index contributed by atoms with van der Waals surface area (Å²) in [5, 5.41) is 10.5. The average molecular weight is 441 g/mol. The molecule has 166 valence electrons. The highest BCUT2D eigenvalue weighted by molar-refractivity contribution is 8.16. The second kappa shape index (κ2) is 8.27. The number of hydrogen-bond acceptors (Lipinski definition) is 4. The van der Waals surface area contributed by atoms with Gasteiger partial charge in [-0.3, -0.25) is 9.59 Å². The number of nitrogens with zero attached hydrogens (tertiary/aromatic N) is 2. The van der Waals surface area contributed by atoms with Gasteiger partial charge in [0.15, 0.2) is 0 Å². The van der Waals surface area contributed by atoms with Gasteiger partial charge in [-0.15, -0.1) is 0 Å². The summed E-state index contributed by atoms with van der Waals surface area (Å²) in [6.45, 7) is 3.52. The van der Waals surface area contributed by atoms with Gasteiger partial charge in [0.25, 0.3) is 11.8 Å². The molecule has 0 radical (unpaired) electrons. The van der Waals surface area contributed by atoms with Crippen molar-refractivity contribution < 1.29 is 14.7 Å². The van der Waals surface area contributed by atoms with Crippen molar-refractivity contribution in [2.24, 2.45) is 28.7 Å². The Hall–Kier alpha value is -1.82. The molecule has 2 heterocycles. The van der Waals surface area contributed by atoms with Gasteiger partial charge in [-0.25, -0.2) is 4.99 Å². The average Bonchev–Trinajstić information content (AvgIpc) is 3.44. The molecule has 4 aliphatic rings. The van der Waals surface area contributed by atoms with Gasteiger partial charge >= 0.3 is 0 Å². The predicted octanol–water partition coefficient (Wildman–Crippen LogP) is 4.89. The molecule has 2 bridgehead atoms. The van der Waals surface area contributed by atoms with Crippen LogP contribution in [-0.2, 0) is 4.79 Å². The van der Waals surface area contributed by atoms with E-state index >= 15 is 0 Å². The largest absolute Gasteiger partial charge is 0.508 e. The van der Waals surface area contributed by atoms with E-state index in [0.29, 0.717) is 11.5 Å². The van der Waals surface area contributed by atoms with E-state index in [4.69, 9.17) is 0 Å². The van der Waals surface area contributed by atoms with Crippen molar-refractivity contribution in [3.63, 3.8) is 0 Å². The van der Waals surface area contributed by atoms with Crippen LogP contribution < -0.4 is 0 Å². The van der Waals surface area contributed by atoms with Crippen LogP contribution in [0.5, 0.6) is 5.75 Å². The van der Waals surface area contributed by atoms with Crippen LogP contribution in [-0.4, -0.2) is 44.7 Å². The number of phenols is 1. The van der Waals surface area contributed by atoms with Gasteiger partial charge < -0.3 is 10.0 Å². The molecule has 5 rings (SSSR count). The van der Waals surface area contributed by atoms with Gasteiger partial charge in [0, 0.05) is 18.7 Å². The standard InChI is InChI=1S/C25H32N2O3S/c1-25(24(30)26-22(31-25)14-20-13-17-2-3-19(20)12-17)15-16-8-10-27(11-9-16)23(29)18-4-6-21(28)7-5-18/h4-7,16-17,19-20,28H,2-3,8-15H2,1H3/t17-,19+,20-,25?/m1/s1. The molecule has 31 heavy (non-hydrogen) atoms. The number of aliphatic imine (C=N–C) groups is 1. The SMILES string of the molecule is CC1(CC2CCN(C(=O)c3ccc(O)cc3)CC2)SC(C[C@H]2C[C@@H]3CC[C@H]2C3)=NC1=O. The minimum absolute atomic E-state index is 0.0208. The number of benzene rings is 1. The van der Waals surface area contributed by atoms with E-state index in [1.807, 2.05) is 4.90 Å². The number of likely N-dealkylation sites (tertiary alicyclic amines) is 1. The van der Waals surface area contributed by atoms with E-state index in [1.54, 1.807) is 36.0 Å². The first kappa shape index (κ1) is 21.0. The molecule has 2 aliphatic carbocycles. The molecule has 1 saturated heterocycles. The van der Waals surface area contributed by atoms with E-state index in [0.717, 1.165) is 61.6 Å². The number of carbonyl (C=O) groups excluding carboxylic acids is 2. The van der Waals surface area contributed by atoms with Gasteiger partial charge in [-0.1, -0.05) is 18.2 Å². The molecule has 2 amide bonds. The third kappa shape index (κ3) is 4.28. The van der Waals surface area contributed by atoms with Crippen molar-refractivity contribution in [3.05, 3.63) is 29.8 Å². The maximum atomic E-state index is 12.8. The molecule has 1 aromatic rings. The lowest BCUT2D eigenvalue weighted by molar-refractivity contribution is -0.119. The lowest BCUT2D eigenvalue weighted by atomic mass is 9.86. The highest BCUT2D eigenvalue weighted by Crippen LogP contribution is 2.51. The van der Waals surface area contributed by atoms with E-state index in [2.05, 4.69) is 11.9 Å². The maximum Gasteiger partial charge on any atom is 0.262 e. The van der Waals surface area contributed by atoms with Crippen LogP contribution >= 0.6 is 11.8 Å². The Balaban J connectivity index is 1.13. The fourth-order valence-electron chi connectivity index (χ4n) is 6.30. The lowest BCUT2D eigenvalue weighted by Gasteiger charge is -2.35. The predicted molar refractivity (Wildman–Crippen MR) is 123 cm³/mol. The molecule has 4 atom stereocenters. The first-order valence-electron chi connectivity index (χ1n) is 11.8. The van der Waals surface area contributed by atoms with Gasteiger partial charge in [0.05, 0.1) is 5.04 Å². The zero-order valence-corrected chi connectivity index (χ0v) is 19.1. The number of hydrogen-bond donors (Lipinski definition) is 1. The summed E-state index contributed by atoms with van der Waals surface area (Å²) in [4.78, 5) is 31.9. The third-order valence-corrected chi connectivity index (χ3v) is 9.32. The summed E-state index contributed by atoms with van der Waals surface area (Å²) < 4.78 is -0.430. The molecule has 3 fully saturated rings. The van der Waals surface area contributed by atoms with Crippen LogP contribution in [0.15, 0.2) is 29.3 Å². The summed E-state index contributed by atoms with van der Waals surface area (Å²) in [5.41, 5.74) is 0.614. The summed E-state index contributed by atoms with van der Waals surface area (Å²) in [7, 11) is 0. The van der Waals surface area contributed by atoms with Crippen LogP contribution in [0, 0.1) is 23.7 Å². The maximum absolute atomic E-state index is 12.8.